The van der Waals surface area contributed by atoms with Crippen molar-refractivity contribution in [2.45, 2.75) is 69.8 Å². The quantitative estimate of drug-likeness (QED) is 0.331. The van der Waals surface area contributed by atoms with Gasteiger partial charge in [0.05, 0.1) is 35.3 Å². The summed E-state index contributed by atoms with van der Waals surface area (Å²) < 4.78 is 12.3. The van der Waals surface area contributed by atoms with Crippen LogP contribution in [0.25, 0.3) is 11.3 Å². The first-order valence-corrected chi connectivity index (χ1v) is 14.5. The van der Waals surface area contributed by atoms with E-state index in [9.17, 15) is 14.7 Å². The first-order valence-electron chi connectivity index (χ1n) is 13.7. The number of aromatic nitrogens is 1. The van der Waals surface area contributed by atoms with Gasteiger partial charge in [0, 0.05) is 46.8 Å². The van der Waals surface area contributed by atoms with Crippen LogP contribution in [0, 0.1) is 5.92 Å². The van der Waals surface area contributed by atoms with Gasteiger partial charge in [-0.2, -0.15) is 0 Å². The summed E-state index contributed by atoms with van der Waals surface area (Å²) in [4.78, 5) is 26.5. The van der Waals surface area contributed by atoms with E-state index in [2.05, 4.69) is 15.4 Å². The molecule has 2 bridgehead atoms. The van der Waals surface area contributed by atoms with Crippen LogP contribution in [0.15, 0.2) is 47.0 Å². The zero-order valence-corrected chi connectivity index (χ0v) is 23.6. The van der Waals surface area contributed by atoms with Gasteiger partial charge in [0.1, 0.15) is 11.5 Å². The maximum atomic E-state index is 12.4. The molecule has 1 saturated heterocycles. The van der Waals surface area contributed by atoms with E-state index < -0.39 is 17.9 Å². The second kappa shape index (κ2) is 11.2. The van der Waals surface area contributed by atoms with Crippen LogP contribution in [0.1, 0.15) is 66.6 Å². The molecule has 2 heterocycles. The number of nitrogens with one attached hydrogen (secondary N) is 1. The number of halogens is 2. The number of fused-ring (bicyclic) bond motifs is 2. The number of anilines is 1. The molecule has 0 radical (unpaired) electrons. The van der Waals surface area contributed by atoms with Gasteiger partial charge in [-0.1, -0.05) is 34.4 Å². The highest BCUT2D eigenvalue weighted by molar-refractivity contribution is 6.39. The van der Waals surface area contributed by atoms with Crippen molar-refractivity contribution in [3.05, 3.63) is 69.4 Å². The highest BCUT2D eigenvalue weighted by Gasteiger charge is 2.45. The molecule has 1 aliphatic heterocycles. The largest absolute Gasteiger partial charge is 0.393 e. The second-order valence-corrected chi connectivity index (χ2v) is 11.9. The lowest BCUT2D eigenvalue weighted by Gasteiger charge is -2.33. The van der Waals surface area contributed by atoms with E-state index in [4.69, 9.17) is 32.5 Å². The third-order valence-electron chi connectivity index (χ3n) is 8.08. The van der Waals surface area contributed by atoms with Crippen LogP contribution in [-0.4, -0.2) is 46.9 Å². The van der Waals surface area contributed by atoms with Crippen molar-refractivity contribution in [1.29, 1.82) is 0 Å². The number of hydrogen-bond donors (Lipinski definition) is 2. The number of hydrogen-bond acceptors (Lipinski definition) is 7. The predicted molar refractivity (Wildman–Crippen MR) is 152 cm³/mol. The molecule has 3 aromatic rings. The first-order chi connectivity index (χ1) is 19.3. The van der Waals surface area contributed by atoms with Crippen LogP contribution in [-0.2, 0) is 16.1 Å². The Morgan fingerprint density at radius 2 is 1.88 bits per heavy atom. The Morgan fingerprint density at radius 1 is 1.15 bits per heavy atom. The summed E-state index contributed by atoms with van der Waals surface area (Å²) in [6, 6.07) is 13.1. The summed E-state index contributed by atoms with van der Waals surface area (Å²) in [6.07, 6.45) is 3.34. The van der Waals surface area contributed by atoms with Gasteiger partial charge in [0.2, 0.25) is 5.91 Å². The van der Waals surface area contributed by atoms with Crippen molar-refractivity contribution in [3.8, 4) is 11.3 Å². The molecule has 4 atom stereocenters. The molecule has 8 nitrogen and oxygen atoms in total. The van der Waals surface area contributed by atoms with Gasteiger partial charge in [-0.05, 0) is 69.0 Å². The number of ether oxygens (including phenoxy) is 1. The van der Waals surface area contributed by atoms with Crippen LogP contribution in [0.3, 0.4) is 0 Å². The SMILES string of the molecule is CC(O)CC(=O)NC(=O)c1ccc(N2C[C@@H]3C[C@H]2C[C@H]3OCc2c(-c3c(Cl)cccc3Cl)noc2C2CC2)cc1. The van der Waals surface area contributed by atoms with Crippen molar-refractivity contribution in [1.82, 2.24) is 10.5 Å². The van der Waals surface area contributed by atoms with Crippen LogP contribution >= 0.6 is 23.2 Å². The Hall–Kier alpha value is -2.91. The minimum atomic E-state index is -0.798. The van der Waals surface area contributed by atoms with E-state index in [1.807, 2.05) is 18.2 Å². The topological polar surface area (TPSA) is 105 Å². The zero-order valence-electron chi connectivity index (χ0n) is 22.1. The fraction of sp³-hybridized carbons (Fsp3) is 0.433. The summed E-state index contributed by atoms with van der Waals surface area (Å²) in [7, 11) is 0. The molecule has 2 saturated carbocycles. The number of aliphatic hydroxyl groups is 1. The molecular formula is C30H31Cl2N3O5. The second-order valence-electron chi connectivity index (χ2n) is 11.1. The van der Waals surface area contributed by atoms with Gasteiger partial charge in [-0.15, -0.1) is 0 Å². The molecule has 0 spiro atoms. The lowest BCUT2D eigenvalue weighted by Crippen LogP contribution is -2.38. The van der Waals surface area contributed by atoms with Crippen LogP contribution in [0.2, 0.25) is 10.0 Å². The number of imide groups is 1. The molecule has 210 valence electrons. The van der Waals surface area contributed by atoms with E-state index in [1.54, 1.807) is 24.3 Å². The number of aliphatic hydroxyl groups excluding tert-OH is 1. The number of carbonyl (C=O) groups is 2. The summed E-state index contributed by atoms with van der Waals surface area (Å²) >= 11 is 13.0. The Balaban J connectivity index is 1.09. The van der Waals surface area contributed by atoms with Gasteiger partial charge in [-0.3, -0.25) is 14.9 Å². The Bertz CT molecular complexity index is 1400. The summed E-state index contributed by atoms with van der Waals surface area (Å²) in [5, 5.41) is 17.1. The number of rotatable bonds is 9. The van der Waals surface area contributed by atoms with Crippen molar-refractivity contribution >= 4 is 40.7 Å². The van der Waals surface area contributed by atoms with E-state index in [0.29, 0.717) is 51.4 Å². The molecule has 40 heavy (non-hydrogen) atoms. The average Bonchev–Trinajstić information content (AvgIpc) is 3.37. The Labute approximate surface area is 242 Å². The standard InChI is InChI=1S/C30H31Cl2N3O5/c1-16(36)11-26(37)33-30(38)18-7-9-20(10-8-18)35-14-19-12-21(35)13-25(19)39-15-22-28(34-40-29(22)17-5-6-17)27-23(31)3-2-4-24(27)32/h2-4,7-10,16-17,19,21,25,36H,5-6,11-15H2,1H3,(H,33,37,38)/t16?,19-,21-,25+/m0/s1. The van der Waals surface area contributed by atoms with Crippen LogP contribution in [0.5, 0.6) is 0 Å². The molecule has 2 N–H and O–H groups in total. The van der Waals surface area contributed by atoms with Gasteiger partial charge in [0.25, 0.3) is 5.91 Å². The molecular weight excluding hydrogens is 553 g/mol. The third kappa shape index (κ3) is 5.50. The van der Waals surface area contributed by atoms with E-state index in [0.717, 1.165) is 49.2 Å². The molecule has 3 aliphatic rings. The van der Waals surface area contributed by atoms with Crippen molar-refractivity contribution < 1.29 is 24.0 Å². The van der Waals surface area contributed by atoms with E-state index in [-0.39, 0.29) is 12.5 Å². The molecule has 3 fully saturated rings. The minimum absolute atomic E-state index is 0.113. The lowest BCUT2D eigenvalue weighted by molar-refractivity contribution is -0.121. The monoisotopic (exact) mass is 583 g/mol. The van der Waals surface area contributed by atoms with E-state index >= 15 is 0 Å². The Morgan fingerprint density at radius 3 is 2.50 bits per heavy atom. The lowest BCUT2D eigenvalue weighted by atomic mass is 10.0. The summed E-state index contributed by atoms with van der Waals surface area (Å²) in [5.41, 5.74) is 3.74. The summed E-state index contributed by atoms with van der Waals surface area (Å²) in [5.74, 6) is 0.683. The van der Waals surface area contributed by atoms with Crippen LogP contribution in [0.4, 0.5) is 5.69 Å². The predicted octanol–water partition coefficient (Wildman–Crippen LogP) is 5.74. The number of amides is 2. The number of benzene rings is 2. The van der Waals surface area contributed by atoms with E-state index in [1.165, 1.54) is 6.92 Å². The maximum absolute atomic E-state index is 12.4. The molecule has 1 unspecified atom stereocenters. The molecule has 1 aromatic heterocycles. The third-order valence-corrected chi connectivity index (χ3v) is 8.71. The number of carbonyl (C=O) groups excluding carboxylic acids is 2. The highest BCUT2D eigenvalue weighted by atomic mass is 35.5. The van der Waals surface area contributed by atoms with Crippen molar-refractivity contribution in [2.24, 2.45) is 5.92 Å². The molecule has 10 heteroatoms. The van der Waals surface area contributed by atoms with Gasteiger partial charge in [-0.25, -0.2) is 0 Å². The summed E-state index contributed by atoms with van der Waals surface area (Å²) in [6.45, 7) is 2.78. The zero-order chi connectivity index (χ0) is 28.0. The van der Waals surface area contributed by atoms with Crippen molar-refractivity contribution in [2.75, 3.05) is 11.4 Å². The molecule has 2 aliphatic carbocycles. The number of nitrogens with zero attached hydrogens (tertiary/aromatic N) is 2. The van der Waals surface area contributed by atoms with Gasteiger partial charge < -0.3 is 19.3 Å². The van der Waals surface area contributed by atoms with Crippen molar-refractivity contribution in [3.63, 3.8) is 0 Å². The molecule has 2 aromatic carbocycles. The smallest absolute Gasteiger partial charge is 0.257 e. The van der Waals surface area contributed by atoms with Gasteiger partial charge >= 0.3 is 0 Å². The normalized spacial score (nSPS) is 22.5. The highest BCUT2D eigenvalue weighted by Crippen LogP contribution is 2.47. The van der Waals surface area contributed by atoms with Crippen LogP contribution < -0.4 is 10.2 Å². The fourth-order valence-electron chi connectivity index (χ4n) is 5.99. The minimum Gasteiger partial charge on any atom is -0.393 e. The number of piperidine rings is 1. The van der Waals surface area contributed by atoms with Gasteiger partial charge in [0.15, 0.2) is 0 Å². The average molecular weight is 585 g/mol. The first kappa shape index (κ1) is 27.3. The fourth-order valence-corrected chi connectivity index (χ4v) is 6.56. The molecule has 6 rings (SSSR count). The molecule has 2 amide bonds. The Kier molecular flexibility index (Phi) is 7.61. The maximum Gasteiger partial charge on any atom is 0.257 e.